The molecule has 0 heterocycles. The van der Waals surface area contributed by atoms with Crippen LogP contribution in [0.3, 0.4) is 0 Å². The van der Waals surface area contributed by atoms with Gasteiger partial charge in [0.2, 0.25) is 0 Å². The van der Waals surface area contributed by atoms with E-state index in [4.69, 9.17) is 5.73 Å². The lowest BCUT2D eigenvalue weighted by molar-refractivity contribution is 0.580. The Morgan fingerprint density at radius 1 is 1.05 bits per heavy atom. The first-order valence-corrected chi connectivity index (χ1v) is 6.58. The molecular formula is C14H13BrF2N2. The van der Waals surface area contributed by atoms with E-state index in [1.54, 1.807) is 12.1 Å². The lowest BCUT2D eigenvalue weighted by Crippen LogP contribution is -2.06. The van der Waals surface area contributed by atoms with E-state index in [9.17, 15) is 8.78 Å². The van der Waals surface area contributed by atoms with Crippen molar-refractivity contribution in [3.8, 4) is 0 Å². The standard InChI is InChI=1S/C14H13BrF2N2/c15-13-8-12(18)1-2-14(13)19-4-3-9-5-10(16)7-11(17)6-9/h1-2,5-8,19H,3-4,18H2. The number of anilines is 2. The van der Waals surface area contributed by atoms with Crippen molar-refractivity contribution in [2.75, 3.05) is 17.6 Å². The van der Waals surface area contributed by atoms with Crippen LogP contribution >= 0.6 is 15.9 Å². The van der Waals surface area contributed by atoms with Gasteiger partial charge in [0.05, 0.1) is 0 Å². The molecule has 0 aliphatic heterocycles. The van der Waals surface area contributed by atoms with E-state index < -0.39 is 11.6 Å². The maximum Gasteiger partial charge on any atom is 0.126 e. The summed E-state index contributed by atoms with van der Waals surface area (Å²) in [4.78, 5) is 0. The SMILES string of the molecule is Nc1ccc(NCCc2cc(F)cc(F)c2)c(Br)c1. The minimum absolute atomic E-state index is 0.533. The minimum atomic E-state index is -0.552. The van der Waals surface area contributed by atoms with Gasteiger partial charge >= 0.3 is 0 Å². The van der Waals surface area contributed by atoms with Crippen LogP contribution in [0.25, 0.3) is 0 Å². The monoisotopic (exact) mass is 326 g/mol. The number of nitrogens with one attached hydrogen (secondary N) is 1. The summed E-state index contributed by atoms with van der Waals surface area (Å²) in [5.74, 6) is -1.10. The van der Waals surface area contributed by atoms with Gasteiger partial charge in [-0.1, -0.05) is 0 Å². The van der Waals surface area contributed by atoms with Gasteiger partial charge in [-0.15, -0.1) is 0 Å². The molecule has 2 rings (SSSR count). The van der Waals surface area contributed by atoms with E-state index in [-0.39, 0.29) is 0 Å². The molecule has 19 heavy (non-hydrogen) atoms. The number of hydrogen-bond donors (Lipinski definition) is 2. The summed E-state index contributed by atoms with van der Waals surface area (Å²) in [7, 11) is 0. The summed E-state index contributed by atoms with van der Waals surface area (Å²) < 4.78 is 26.9. The van der Waals surface area contributed by atoms with Crippen molar-refractivity contribution >= 4 is 27.3 Å². The highest BCUT2D eigenvalue weighted by Crippen LogP contribution is 2.24. The zero-order chi connectivity index (χ0) is 13.8. The topological polar surface area (TPSA) is 38.0 Å². The Balaban J connectivity index is 1.96. The van der Waals surface area contributed by atoms with Gasteiger partial charge < -0.3 is 11.1 Å². The van der Waals surface area contributed by atoms with Gasteiger partial charge in [-0.2, -0.15) is 0 Å². The zero-order valence-electron chi connectivity index (χ0n) is 10.1. The second-order valence-electron chi connectivity index (χ2n) is 4.19. The van der Waals surface area contributed by atoms with Crippen LogP contribution in [0.5, 0.6) is 0 Å². The molecule has 0 bridgehead atoms. The fourth-order valence-electron chi connectivity index (χ4n) is 1.77. The lowest BCUT2D eigenvalue weighted by Gasteiger charge is -2.09. The van der Waals surface area contributed by atoms with Crippen molar-refractivity contribution in [1.82, 2.24) is 0 Å². The highest BCUT2D eigenvalue weighted by Gasteiger charge is 2.02. The van der Waals surface area contributed by atoms with Gasteiger partial charge in [0, 0.05) is 28.5 Å². The summed E-state index contributed by atoms with van der Waals surface area (Å²) >= 11 is 3.39. The molecular weight excluding hydrogens is 314 g/mol. The maximum absolute atomic E-state index is 13.0. The number of halogens is 3. The maximum atomic E-state index is 13.0. The second-order valence-corrected chi connectivity index (χ2v) is 5.05. The van der Waals surface area contributed by atoms with Crippen LogP contribution in [-0.4, -0.2) is 6.54 Å². The Morgan fingerprint density at radius 2 is 1.74 bits per heavy atom. The summed E-state index contributed by atoms with van der Waals surface area (Å²) in [5, 5.41) is 3.18. The number of nitrogens with two attached hydrogens (primary N) is 1. The van der Waals surface area contributed by atoms with Crippen LogP contribution < -0.4 is 11.1 Å². The van der Waals surface area contributed by atoms with Crippen LogP contribution in [0, 0.1) is 11.6 Å². The van der Waals surface area contributed by atoms with Gasteiger partial charge in [-0.3, -0.25) is 0 Å². The number of nitrogen functional groups attached to an aromatic ring is 1. The third kappa shape index (κ3) is 3.92. The first kappa shape index (κ1) is 13.8. The Bertz CT molecular complexity index is 567. The van der Waals surface area contributed by atoms with Crippen LogP contribution in [0.2, 0.25) is 0 Å². The van der Waals surface area contributed by atoms with Crippen LogP contribution in [0.15, 0.2) is 40.9 Å². The minimum Gasteiger partial charge on any atom is -0.399 e. The van der Waals surface area contributed by atoms with E-state index in [2.05, 4.69) is 21.2 Å². The lowest BCUT2D eigenvalue weighted by atomic mass is 10.1. The number of rotatable bonds is 4. The predicted octanol–water partition coefficient (Wildman–Crippen LogP) is 3.96. The fourth-order valence-corrected chi connectivity index (χ4v) is 2.31. The van der Waals surface area contributed by atoms with Crippen LogP contribution in [-0.2, 0) is 6.42 Å². The Hall–Kier alpha value is -1.62. The molecule has 0 aromatic heterocycles. The highest BCUT2D eigenvalue weighted by atomic mass is 79.9. The van der Waals surface area contributed by atoms with Crippen molar-refractivity contribution in [2.24, 2.45) is 0 Å². The molecule has 0 spiro atoms. The van der Waals surface area contributed by atoms with E-state index in [1.165, 1.54) is 12.1 Å². The molecule has 0 fully saturated rings. The van der Waals surface area contributed by atoms with Crippen LogP contribution in [0.1, 0.15) is 5.56 Å². The molecule has 0 atom stereocenters. The van der Waals surface area contributed by atoms with Gasteiger partial charge in [0.1, 0.15) is 11.6 Å². The Kier molecular flexibility index (Phi) is 4.37. The summed E-state index contributed by atoms with van der Waals surface area (Å²) in [6.07, 6.45) is 0.533. The Morgan fingerprint density at radius 3 is 2.37 bits per heavy atom. The summed E-state index contributed by atoms with van der Waals surface area (Å²) in [6.45, 7) is 0.575. The molecule has 0 amide bonds. The summed E-state index contributed by atoms with van der Waals surface area (Å²) in [6, 6.07) is 8.98. The van der Waals surface area contributed by atoms with E-state index in [0.29, 0.717) is 24.2 Å². The summed E-state index contributed by atoms with van der Waals surface area (Å²) in [5.41, 5.74) is 7.83. The molecule has 3 N–H and O–H groups in total. The van der Waals surface area contributed by atoms with Crippen LogP contribution in [0.4, 0.5) is 20.2 Å². The molecule has 0 aliphatic carbocycles. The van der Waals surface area contributed by atoms with E-state index in [0.717, 1.165) is 16.2 Å². The van der Waals surface area contributed by atoms with Gasteiger partial charge in [-0.05, 0) is 58.2 Å². The molecule has 2 aromatic carbocycles. The average Bonchev–Trinajstić information content (AvgIpc) is 2.30. The van der Waals surface area contributed by atoms with Gasteiger partial charge in [0.25, 0.3) is 0 Å². The molecule has 100 valence electrons. The van der Waals surface area contributed by atoms with E-state index in [1.807, 2.05) is 6.07 Å². The van der Waals surface area contributed by atoms with Gasteiger partial charge in [0.15, 0.2) is 0 Å². The molecule has 0 radical (unpaired) electrons. The third-order valence-electron chi connectivity index (χ3n) is 2.64. The Labute approximate surface area is 118 Å². The normalized spacial score (nSPS) is 10.5. The van der Waals surface area contributed by atoms with Crippen molar-refractivity contribution in [3.63, 3.8) is 0 Å². The van der Waals surface area contributed by atoms with Crippen molar-refractivity contribution < 1.29 is 8.78 Å². The quantitative estimate of drug-likeness (QED) is 0.834. The predicted molar refractivity (Wildman–Crippen MR) is 77.1 cm³/mol. The van der Waals surface area contributed by atoms with Crippen molar-refractivity contribution in [3.05, 3.63) is 58.1 Å². The largest absolute Gasteiger partial charge is 0.399 e. The molecule has 2 nitrogen and oxygen atoms in total. The van der Waals surface area contributed by atoms with E-state index >= 15 is 0 Å². The molecule has 0 saturated heterocycles. The molecule has 0 aliphatic rings. The number of benzene rings is 2. The fraction of sp³-hybridized carbons (Fsp3) is 0.143. The average molecular weight is 327 g/mol. The zero-order valence-corrected chi connectivity index (χ0v) is 11.7. The number of hydrogen-bond acceptors (Lipinski definition) is 2. The molecule has 0 unspecified atom stereocenters. The third-order valence-corrected chi connectivity index (χ3v) is 3.30. The molecule has 2 aromatic rings. The van der Waals surface area contributed by atoms with Gasteiger partial charge in [-0.25, -0.2) is 8.78 Å². The second kappa shape index (κ2) is 6.02. The molecule has 0 saturated carbocycles. The first-order valence-electron chi connectivity index (χ1n) is 5.78. The first-order chi connectivity index (χ1) is 9.04. The smallest absolute Gasteiger partial charge is 0.126 e. The van der Waals surface area contributed by atoms with Crippen molar-refractivity contribution in [2.45, 2.75) is 6.42 Å². The molecule has 5 heteroatoms. The van der Waals surface area contributed by atoms with Crippen molar-refractivity contribution in [1.29, 1.82) is 0 Å². The highest BCUT2D eigenvalue weighted by molar-refractivity contribution is 9.10.